The lowest BCUT2D eigenvalue weighted by atomic mass is 10.2. The van der Waals surface area contributed by atoms with Crippen molar-refractivity contribution in [1.29, 1.82) is 0 Å². The molecule has 2 aromatic heterocycles. The summed E-state index contributed by atoms with van der Waals surface area (Å²) in [5.41, 5.74) is 2.06. The zero-order valence-electron chi connectivity index (χ0n) is 11.6. The molecule has 0 fully saturated rings. The topological polar surface area (TPSA) is 25.8 Å². The minimum atomic E-state index is 0.885. The molecule has 0 saturated heterocycles. The van der Waals surface area contributed by atoms with Crippen molar-refractivity contribution in [3.63, 3.8) is 0 Å². The number of pyridine rings is 2. The molecule has 108 valence electrons. The summed E-state index contributed by atoms with van der Waals surface area (Å²) in [4.78, 5) is 8.50. The molecule has 0 aliphatic heterocycles. The first-order valence-corrected chi connectivity index (χ1v) is 8.33. The van der Waals surface area contributed by atoms with Crippen LogP contribution in [-0.2, 0) is 0 Å². The molecule has 4 heteroatoms. The summed E-state index contributed by atoms with van der Waals surface area (Å²) in [6.45, 7) is 0. The van der Waals surface area contributed by atoms with Crippen molar-refractivity contribution in [1.82, 2.24) is 9.97 Å². The highest BCUT2D eigenvalue weighted by Gasteiger charge is 1.95. The minimum Gasteiger partial charge on any atom is -0.256 e. The normalized spacial score (nSPS) is 10.3. The molecule has 0 saturated carbocycles. The van der Waals surface area contributed by atoms with Gasteiger partial charge in [0.15, 0.2) is 0 Å². The van der Waals surface area contributed by atoms with Crippen LogP contribution in [0.25, 0.3) is 21.8 Å². The predicted molar refractivity (Wildman–Crippen MR) is 98.9 cm³/mol. The van der Waals surface area contributed by atoms with Crippen LogP contribution in [0, 0.1) is 0 Å². The third-order valence-electron chi connectivity index (χ3n) is 3.16. The molecule has 22 heavy (non-hydrogen) atoms. The van der Waals surface area contributed by atoms with Gasteiger partial charge in [-0.1, -0.05) is 52.3 Å². The van der Waals surface area contributed by atoms with E-state index in [1.165, 1.54) is 5.39 Å². The van der Waals surface area contributed by atoms with E-state index < -0.39 is 0 Å². The average Bonchev–Trinajstić information content (AvgIpc) is 2.56. The molecular formula is C18H12Br2N2. The van der Waals surface area contributed by atoms with E-state index in [4.69, 9.17) is 0 Å². The fourth-order valence-electron chi connectivity index (χ4n) is 2.11. The van der Waals surface area contributed by atoms with Crippen LogP contribution in [0.1, 0.15) is 0 Å². The Morgan fingerprint density at radius 1 is 0.682 bits per heavy atom. The molecule has 2 heterocycles. The second kappa shape index (κ2) is 6.99. The lowest BCUT2D eigenvalue weighted by Gasteiger charge is -1.96. The van der Waals surface area contributed by atoms with Crippen LogP contribution in [-0.4, -0.2) is 9.97 Å². The number of aromatic nitrogens is 2. The number of rotatable bonds is 0. The fraction of sp³-hybridized carbons (Fsp3) is 0. The highest BCUT2D eigenvalue weighted by atomic mass is 79.9. The maximum Gasteiger partial charge on any atom is 0.106 e. The van der Waals surface area contributed by atoms with Gasteiger partial charge in [0, 0.05) is 21.4 Å². The third kappa shape index (κ3) is 3.51. The number of hydrogen-bond donors (Lipinski definition) is 0. The van der Waals surface area contributed by atoms with Crippen LogP contribution in [0.5, 0.6) is 0 Å². The largest absolute Gasteiger partial charge is 0.256 e. The summed E-state index contributed by atoms with van der Waals surface area (Å²) in [5, 5.41) is 2.34. The number of hydrogen-bond acceptors (Lipinski definition) is 2. The van der Waals surface area contributed by atoms with E-state index in [-0.39, 0.29) is 0 Å². The third-order valence-corrected chi connectivity index (χ3v) is 4.29. The van der Waals surface area contributed by atoms with E-state index in [0.717, 1.165) is 25.5 Å². The molecule has 0 radical (unpaired) electrons. The zero-order valence-corrected chi connectivity index (χ0v) is 14.8. The van der Waals surface area contributed by atoms with Crippen LogP contribution < -0.4 is 0 Å². The number of halogens is 2. The van der Waals surface area contributed by atoms with E-state index >= 15 is 0 Å². The highest BCUT2D eigenvalue weighted by Crippen LogP contribution is 2.21. The molecule has 4 aromatic rings. The van der Waals surface area contributed by atoms with Crippen LogP contribution in [0.3, 0.4) is 0 Å². The monoisotopic (exact) mass is 414 g/mol. The lowest BCUT2D eigenvalue weighted by Crippen LogP contribution is -1.77. The quantitative estimate of drug-likeness (QED) is 0.329. The molecule has 0 unspecified atom stereocenters. The second-order valence-corrected chi connectivity index (χ2v) is 6.30. The van der Waals surface area contributed by atoms with E-state index in [1.54, 1.807) is 6.20 Å². The van der Waals surface area contributed by atoms with Crippen molar-refractivity contribution in [2.45, 2.75) is 0 Å². The van der Waals surface area contributed by atoms with E-state index in [2.05, 4.69) is 47.9 Å². The van der Waals surface area contributed by atoms with Crippen molar-refractivity contribution in [2.24, 2.45) is 0 Å². The van der Waals surface area contributed by atoms with E-state index in [9.17, 15) is 0 Å². The van der Waals surface area contributed by atoms with Gasteiger partial charge < -0.3 is 0 Å². The van der Waals surface area contributed by atoms with Gasteiger partial charge in [-0.3, -0.25) is 4.98 Å². The van der Waals surface area contributed by atoms with Crippen molar-refractivity contribution < 1.29 is 0 Å². The van der Waals surface area contributed by atoms with Gasteiger partial charge in [-0.15, -0.1) is 0 Å². The van der Waals surface area contributed by atoms with Gasteiger partial charge >= 0.3 is 0 Å². The molecule has 0 aliphatic rings. The molecular weight excluding hydrogens is 404 g/mol. The van der Waals surface area contributed by atoms with Gasteiger partial charge in [0.2, 0.25) is 0 Å². The molecule has 0 spiro atoms. The molecule has 0 aliphatic carbocycles. The first-order chi connectivity index (χ1) is 10.7. The van der Waals surface area contributed by atoms with Gasteiger partial charge in [0.25, 0.3) is 0 Å². The molecule has 0 amide bonds. The molecule has 0 N–H and O–H groups in total. The second-order valence-electron chi connectivity index (χ2n) is 4.64. The van der Waals surface area contributed by atoms with E-state index in [1.807, 2.05) is 60.7 Å². The summed E-state index contributed by atoms with van der Waals surface area (Å²) >= 11 is 6.78. The lowest BCUT2D eigenvalue weighted by molar-refractivity contribution is 1.35. The van der Waals surface area contributed by atoms with E-state index in [0.29, 0.717) is 0 Å². The van der Waals surface area contributed by atoms with Crippen molar-refractivity contribution in [2.75, 3.05) is 0 Å². The smallest absolute Gasteiger partial charge is 0.106 e. The van der Waals surface area contributed by atoms with Crippen LogP contribution >= 0.6 is 31.9 Å². The Labute approximate surface area is 145 Å². The van der Waals surface area contributed by atoms with Crippen molar-refractivity contribution in [3.8, 4) is 0 Å². The van der Waals surface area contributed by atoms with Crippen molar-refractivity contribution in [3.05, 3.63) is 82.0 Å². The van der Waals surface area contributed by atoms with Gasteiger partial charge in [-0.25, -0.2) is 4.98 Å². The van der Waals surface area contributed by atoms with Gasteiger partial charge in [0.05, 0.1) is 11.0 Å². The number of para-hydroxylation sites is 1. The first kappa shape index (κ1) is 15.1. The van der Waals surface area contributed by atoms with Crippen LogP contribution in [0.4, 0.5) is 0 Å². The standard InChI is InChI=1S/2C9H6BrN/c10-8-4-1-5-9-7(8)3-2-6-11-9;10-9-6-5-7-3-1-2-4-8(7)11-9/h2*1-6H. The van der Waals surface area contributed by atoms with Crippen LogP contribution in [0.15, 0.2) is 82.0 Å². The van der Waals surface area contributed by atoms with Crippen LogP contribution in [0.2, 0.25) is 0 Å². The Balaban J connectivity index is 0.000000131. The molecule has 0 atom stereocenters. The summed E-state index contributed by atoms with van der Waals surface area (Å²) in [6, 6.07) is 22.0. The Morgan fingerprint density at radius 2 is 1.50 bits per heavy atom. The average molecular weight is 416 g/mol. The number of nitrogens with zero attached hydrogens (tertiary/aromatic N) is 2. The summed E-state index contributed by atoms with van der Waals surface area (Å²) in [5.74, 6) is 0. The Bertz CT molecular complexity index is 911. The summed E-state index contributed by atoms with van der Waals surface area (Å²) in [7, 11) is 0. The Kier molecular flexibility index (Phi) is 4.80. The molecule has 2 aromatic carbocycles. The minimum absolute atomic E-state index is 0.885. The molecule has 4 rings (SSSR count). The number of benzene rings is 2. The zero-order chi connectivity index (χ0) is 15.4. The highest BCUT2D eigenvalue weighted by molar-refractivity contribution is 9.10. The summed E-state index contributed by atoms with van der Waals surface area (Å²) < 4.78 is 1.99. The number of fused-ring (bicyclic) bond motifs is 2. The molecule has 2 nitrogen and oxygen atoms in total. The van der Waals surface area contributed by atoms with Gasteiger partial charge in [-0.2, -0.15) is 0 Å². The Morgan fingerprint density at radius 3 is 2.36 bits per heavy atom. The predicted octanol–water partition coefficient (Wildman–Crippen LogP) is 5.99. The maximum atomic E-state index is 4.29. The first-order valence-electron chi connectivity index (χ1n) is 6.74. The summed E-state index contributed by atoms with van der Waals surface area (Å²) in [6.07, 6.45) is 1.80. The van der Waals surface area contributed by atoms with Crippen molar-refractivity contribution >= 4 is 53.7 Å². The van der Waals surface area contributed by atoms with Gasteiger partial charge in [0.1, 0.15) is 4.60 Å². The fourth-order valence-corrected chi connectivity index (χ4v) is 2.92. The SMILES string of the molecule is Brc1ccc2ccccc2n1.Brc1cccc2ncccc12. The molecule has 0 bridgehead atoms. The maximum absolute atomic E-state index is 4.29. The van der Waals surface area contributed by atoms with Gasteiger partial charge in [-0.05, 0) is 46.3 Å². The Hall–Kier alpha value is -1.78.